The Kier molecular flexibility index (Phi) is 7.06. The molecule has 0 amide bonds. The normalized spacial score (nSPS) is 11.8. The summed E-state index contributed by atoms with van der Waals surface area (Å²) in [6.45, 7) is 14.2. The highest BCUT2D eigenvalue weighted by atomic mass is 15.2. The molecular formula is C16H32N4. The summed E-state index contributed by atoms with van der Waals surface area (Å²) in [5.41, 5.74) is 1.09. The maximum Gasteiger partial charge on any atom is 0.203 e. The summed E-state index contributed by atoms with van der Waals surface area (Å²) in [7, 11) is 2.19. The molecule has 20 heavy (non-hydrogen) atoms. The van der Waals surface area contributed by atoms with E-state index in [-0.39, 0.29) is 0 Å². The minimum absolute atomic E-state index is 0.635. The molecule has 0 radical (unpaired) electrons. The molecule has 0 fully saturated rings. The molecule has 1 N–H and O–H groups in total. The molecule has 1 aromatic heterocycles. The van der Waals surface area contributed by atoms with Gasteiger partial charge in [0.25, 0.3) is 0 Å². The molecule has 1 aromatic rings. The lowest BCUT2D eigenvalue weighted by molar-refractivity contribution is 0.269. The summed E-state index contributed by atoms with van der Waals surface area (Å²) < 4.78 is 2.24. The van der Waals surface area contributed by atoms with Crippen molar-refractivity contribution >= 4 is 5.95 Å². The van der Waals surface area contributed by atoms with Crippen molar-refractivity contribution in [2.24, 2.45) is 5.92 Å². The molecule has 1 heterocycles. The van der Waals surface area contributed by atoms with Crippen LogP contribution < -0.4 is 5.32 Å². The summed E-state index contributed by atoms with van der Waals surface area (Å²) >= 11 is 0. The fraction of sp³-hybridized carbons (Fsp3) is 0.812. The van der Waals surface area contributed by atoms with Gasteiger partial charge in [0.1, 0.15) is 0 Å². The second-order valence-electron chi connectivity index (χ2n) is 6.46. The molecule has 4 heteroatoms. The topological polar surface area (TPSA) is 33.1 Å². The van der Waals surface area contributed by atoms with Crippen molar-refractivity contribution in [2.75, 3.05) is 25.5 Å². The van der Waals surface area contributed by atoms with Crippen LogP contribution in [0.5, 0.6) is 0 Å². The van der Waals surface area contributed by atoms with Gasteiger partial charge in [0.15, 0.2) is 0 Å². The second kappa shape index (κ2) is 8.30. The van der Waals surface area contributed by atoms with Crippen LogP contribution in [-0.2, 0) is 6.54 Å². The number of nitrogens with one attached hydrogen (secondary N) is 1. The lowest BCUT2D eigenvalue weighted by Crippen LogP contribution is -2.27. The first-order chi connectivity index (χ1) is 9.40. The summed E-state index contributed by atoms with van der Waals surface area (Å²) in [6, 6.07) is 0.635. The third-order valence-corrected chi connectivity index (χ3v) is 3.56. The summed E-state index contributed by atoms with van der Waals surface area (Å²) in [6.07, 6.45) is 4.55. The Bertz CT molecular complexity index is 382. The molecule has 1 rings (SSSR count). The van der Waals surface area contributed by atoms with Crippen LogP contribution in [-0.4, -0.2) is 40.6 Å². The third-order valence-electron chi connectivity index (χ3n) is 3.56. The Morgan fingerprint density at radius 3 is 2.55 bits per heavy atom. The van der Waals surface area contributed by atoms with E-state index in [1.54, 1.807) is 0 Å². The highest BCUT2D eigenvalue weighted by Crippen LogP contribution is 2.11. The summed E-state index contributed by atoms with van der Waals surface area (Å²) in [5, 5.41) is 3.48. The number of anilines is 1. The minimum atomic E-state index is 0.635. The first-order valence-corrected chi connectivity index (χ1v) is 7.88. The van der Waals surface area contributed by atoms with Crippen molar-refractivity contribution in [2.45, 2.75) is 60.0 Å². The van der Waals surface area contributed by atoms with Gasteiger partial charge in [-0.2, -0.15) is 0 Å². The molecule has 0 saturated heterocycles. The van der Waals surface area contributed by atoms with Crippen molar-refractivity contribution < 1.29 is 0 Å². The summed E-state index contributed by atoms with van der Waals surface area (Å²) in [4.78, 5) is 6.96. The lowest BCUT2D eigenvalue weighted by atomic mass is 10.2. The maximum absolute atomic E-state index is 4.57. The third kappa shape index (κ3) is 5.95. The predicted molar refractivity (Wildman–Crippen MR) is 87.3 cm³/mol. The van der Waals surface area contributed by atoms with Crippen molar-refractivity contribution in [3.8, 4) is 0 Å². The molecule has 0 aliphatic heterocycles. The Morgan fingerprint density at radius 2 is 1.95 bits per heavy atom. The molecule has 0 spiro atoms. The van der Waals surface area contributed by atoms with Crippen LogP contribution >= 0.6 is 0 Å². The number of aryl methyl sites for hydroxylation is 1. The van der Waals surface area contributed by atoms with E-state index in [1.165, 1.54) is 19.4 Å². The van der Waals surface area contributed by atoms with Gasteiger partial charge in [-0.1, -0.05) is 13.8 Å². The second-order valence-corrected chi connectivity index (χ2v) is 6.46. The fourth-order valence-electron chi connectivity index (χ4n) is 2.17. The number of nitrogens with zero attached hydrogens (tertiary/aromatic N) is 3. The van der Waals surface area contributed by atoms with E-state index in [2.05, 4.69) is 67.6 Å². The Morgan fingerprint density at radius 1 is 1.25 bits per heavy atom. The molecular weight excluding hydrogens is 248 g/mol. The Labute approximate surface area is 124 Å². The van der Waals surface area contributed by atoms with Crippen LogP contribution in [0, 0.1) is 12.8 Å². The first-order valence-electron chi connectivity index (χ1n) is 7.88. The van der Waals surface area contributed by atoms with Crippen molar-refractivity contribution in [3.63, 3.8) is 0 Å². The molecule has 4 nitrogen and oxygen atoms in total. The van der Waals surface area contributed by atoms with Gasteiger partial charge in [0.05, 0.1) is 5.69 Å². The predicted octanol–water partition coefficient (Wildman–Crippen LogP) is 3.38. The van der Waals surface area contributed by atoms with Crippen molar-refractivity contribution in [1.82, 2.24) is 14.5 Å². The molecule has 0 bridgehead atoms. The van der Waals surface area contributed by atoms with Gasteiger partial charge >= 0.3 is 0 Å². The molecule has 0 atom stereocenters. The standard InChI is InChI=1S/C16H32N4/c1-13(2)11-20-12-15(5)18-16(20)17-9-7-8-10-19(6)14(3)4/h12-14H,7-11H2,1-6H3,(H,17,18). The number of hydrogen-bond donors (Lipinski definition) is 1. The number of unbranched alkanes of at least 4 members (excludes halogenated alkanes) is 1. The van der Waals surface area contributed by atoms with Gasteiger partial charge in [-0.05, 0) is 53.1 Å². The number of hydrogen-bond acceptors (Lipinski definition) is 3. The largest absolute Gasteiger partial charge is 0.356 e. The number of rotatable bonds is 9. The zero-order chi connectivity index (χ0) is 15.1. The Hall–Kier alpha value is -1.03. The SMILES string of the molecule is Cc1cn(CC(C)C)c(NCCCCN(C)C(C)C)n1. The van der Waals surface area contributed by atoms with Crippen LogP contribution in [0.15, 0.2) is 6.20 Å². The lowest BCUT2D eigenvalue weighted by Gasteiger charge is -2.20. The van der Waals surface area contributed by atoms with E-state index in [9.17, 15) is 0 Å². The minimum Gasteiger partial charge on any atom is -0.356 e. The number of imidazole rings is 1. The van der Waals surface area contributed by atoms with Gasteiger partial charge < -0.3 is 14.8 Å². The van der Waals surface area contributed by atoms with E-state index in [1.807, 2.05) is 0 Å². The van der Waals surface area contributed by atoms with Gasteiger partial charge in [-0.25, -0.2) is 4.98 Å². The van der Waals surface area contributed by atoms with Gasteiger partial charge in [0, 0.05) is 25.3 Å². The van der Waals surface area contributed by atoms with E-state index >= 15 is 0 Å². The quantitative estimate of drug-likeness (QED) is 0.704. The van der Waals surface area contributed by atoms with E-state index in [4.69, 9.17) is 0 Å². The zero-order valence-electron chi connectivity index (χ0n) is 14.1. The average molecular weight is 280 g/mol. The molecule has 0 aromatic carbocycles. The molecule has 0 unspecified atom stereocenters. The van der Waals surface area contributed by atoms with E-state index in [0.717, 1.165) is 24.7 Å². The smallest absolute Gasteiger partial charge is 0.203 e. The monoisotopic (exact) mass is 280 g/mol. The van der Waals surface area contributed by atoms with Crippen LogP contribution in [0.1, 0.15) is 46.2 Å². The highest BCUT2D eigenvalue weighted by molar-refractivity contribution is 5.28. The van der Waals surface area contributed by atoms with Crippen molar-refractivity contribution in [1.29, 1.82) is 0 Å². The van der Waals surface area contributed by atoms with Crippen LogP contribution in [0.25, 0.3) is 0 Å². The van der Waals surface area contributed by atoms with E-state index in [0.29, 0.717) is 12.0 Å². The zero-order valence-corrected chi connectivity index (χ0v) is 14.1. The van der Waals surface area contributed by atoms with Gasteiger partial charge in [0.2, 0.25) is 5.95 Å². The molecule has 0 aliphatic carbocycles. The van der Waals surface area contributed by atoms with Gasteiger partial charge in [-0.15, -0.1) is 0 Å². The highest BCUT2D eigenvalue weighted by Gasteiger charge is 2.07. The van der Waals surface area contributed by atoms with E-state index < -0.39 is 0 Å². The van der Waals surface area contributed by atoms with Crippen LogP contribution in [0.2, 0.25) is 0 Å². The summed E-state index contributed by atoms with van der Waals surface area (Å²) in [5.74, 6) is 1.66. The molecule has 116 valence electrons. The maximum atomic E-state index is 4.57. The van der Waals surface area contributed by atoms with Crippen molar-refractivity contribution in [3.05, 3.63) is 11.9 Å². The number of aromatic nitrogens is 2. The molecule has 0 saturated carbocycles. The molecule has 0 aliphatic rings. The Balaban J connectivity index is 2.31. The average Bonchev–Trinajstić information content (AvgIpc) is 2.67. The fourth-order valence-corrected chi connectivity index (χ4v) is 2.17. The van der Waals surface area contributed by atoms with Crippen LogP contribution in [0.4, 0.5) is 5.95 Å². The van der Waals surface area contributed by atoms with Gasteiger partial charge in [-0.3, -0.25) is 0 Å². The van der Waals surface area contributed by atoms with Crippen LogP contribution in [0.3, 0.4) is 0 Å². The first kappa shape index (κ1) is 17.0.